The van der Waals surface area contributed by atoms with Gasteiger partial charge in [0.15, 0.2) is 11.5 Å². The van der Waals surface area contributed by atoms with Crippen LogP contribution in [0.25, 0.3) is 10.9 Å². The molecule has 10 heteroatoms. The Hall–Kier alpha value is -3.37. The highest BCUT2D eigenvalue weighted by Crippen LogP contribution is 2.34. The molecule has 9 nitrogen and oxygen atoms in total. The van der Waals surface area contributed by atoms with E-state index >= 15 is 0 Å². The van der Waals surface area contributed by atoms with Gasteiger partial charge in [0.1, 0.15) is 12.1 Å². The Morgan fingerprint density at radius 3 is 2.28 bits per heavy atom. The fourth-order valence-electron chi connectivity index (χ4n) is 2.67. The lowest BCUT2D eigenvalue weighted by Crippen LogP contribution is -2.11. The van der Waals surface area contributed by atoms with Crippen molar-refractivity contribution in [1.82, 2.24) is 9.97 Å². The van der Waals surface area contributed by atoms with E-state index in [-0.39, 0.29) is 6.47 Å². The van der Waals surface area contributed by atoms with E-state index in [1.807, 2.05) is 36.4 Å². The third-order valence-electron chi connectivity index (χ3n) is 4.05. The van der Waals surface area contributed by atoms with Crippen molar-refractivity contribution in [3.63, 3.8) is 0 Å². The van der Waals surface area contributed by atoms with Crippen molar-refractivity contribution in [2.24, 2.45) is 0 Å². The molecule has 1 heterocycles. The van der Waals surface area contributed by atoms with Gasteiger partial charge in [-0.15, -0.1) is 0 Å². The normalized spacial score (nSPS) is 9.93. The van der Waals surface area contributed by atoms with E-state index in [1.54, 1.807) is 14.2 Å². The minimum absolute atomic E-state index is 0.250. The molecule has 29 heavy (non-hydrogen) atoms. The second kappa shape index (κ2) is 10.8. The van der Waals surface area contributed by atoms with Gasteiger partial charge in [-0.05, 0) is 36.5 Å². The summed E-state index contributed by atoms with van der Waals surface area (Å²) >= 11 is 0. The Balaban J connectivity index is 0.000000941. The van der Waals surface area contributed by atoms with Crippen molar-refractivity contribution in [2.75, 3.05) is 19.5 Å². The summed E-state index contributed by atoms with van der Waals surface area (Å²) in [7, 11) is 1.89. The van der Waals surface area contributed by atoms with E-state index in [1.165, 1.54) is 6.33 Å². The molecule has 0 aliphatic carbocycles. The predicted molar refractivity (Wildman–Crippen MR) is 110 cm³/mol. The predicted octanol–water partition coefficient (Wildman–Crippen LogP) is 2.11. The summed E-state index contributed by atoms with van der Waals surface area (Å²) in [6.07, 6.45) is 2.41. The van der Waals surface area contributed by atoms with Gasteiger partial charge in [0.2, 0.25) is 0 Å². The van der Waals surface area contributed by atoms with Gasteiger partial charge < -0.3 is 29.9 Å². The van der Waals surface area contributed by atoms with Crippen molar-refractivity contribution in [1.29, 1.82) is 0 Å². The van der Waals surface area contributed by atoms with Gasteiger partial charge in [0.05, 0.1) is 19.7 Å². The fraction of sp³-hybridized carbons (Fsp3) is 0.211. The minimum Gasteiger partial charge on any atom is -0.493 e. The molecule has 0 fully saturated rings. The van der Waals surface area contributed by atoms with Crippen LogP contribution in [0.5, 0.6) is 11.5 Å². The average Bonchev–Trinajstić information content (AvgIpc) is 2.73. The first-order valence-corrected chi connectivity index (χ1v) is 8.69. The number of carbonyl (C=O) groups is 1. The Kier molecular flexibility index (Phi) is 8.19. The van der Waals surface area contributed by atoms with Crippen LogP contribution in [-0.2, 0) is 11.2 Å². The third kappa shape index (κ3) is 6.06. The maximum Gasteiger partial charge on any atom is 0.451 e. The van der Waals surface area contributed by atoms with Gasteiger partial charge in [0, 0.05) is 17.1 Å². The van der Waals surface area contributed by atoms with Crippen LogP contribution in [0.2, 0.25) is 6.32 Å². The first kappa shape index (κ1) is 21.9. The molecule has 4 N–H and O–H groups in total. The number of hydrogen-bond acceptors (Lipinski definition) is 8. The number of ether oxygens (including phenoxy) is 2. The second-order valence-electron chi connectivity index (χ2n) is 5.89. The van der Waals surface area contributed by atoms with Gasteiger partial charge >= 0.3 is 7.12 Å². The lowest BCUT2D eigenvalue weighted by molar-refractivity contribution is -0.122. The van der Waals surface area contributed by atoms with Gasteiger partial charge in [0.25, 0.3) is 6.47 Å². The van der Waals surface area contributed by atoms with E-state index in [9.17, 15) is 0 Å². The Bertz CT molecular complexity index is 937. The molecule has 152 valence electrons. The van der Waals surface area contributed by atoms with E-state index in [0.717, 1.165) is 22.2 Å². The molecular formula is C19H22BN3O6. The molecular weight excluding hydrogens is 377 g/mol. The van der Waals surface area contributed by atoms with Crippen LogP contribution in [0.3, 0.4) is 0 Å². The van der Waals surface area contributed by atoms with Crippen LogP contribution in [0, 0.1) is 0 Å². The maximum atomic E-state index is 8.95. The molecule has 0 spiro atoms. The molecule has 0 aliphatic heterocycles. The zero-order valence-corrected chi connectivity index (χ0v) is 16.1. The largest absolute Gasteiger partial charge is 0.493 e. The Labute approximate surface area is 168 Å². The summed E-state index contributed by atoms with van der Waals surface area (Å²) in [6.45, 7) is -0.250. The van der Waals surface area contributed by atoms with Crippen LogP contribution in [0.4, 0.5) is 11.5 Å². The van der Waals surface area contributed by atoms with Crippen molar-refractivity contribution in [3.05, 3.63) is 48.3 Å². The molecule has 0 unspecified atom stereocenters. The monoisotopic (exact) mass is 399 g/mol. The fourth-order valence-corrected chi connectivity index (χ4v) is 2.67. The van der Waals surface area contributed by atoms with E-state index in [0.29, 0.717) is 30.1 Å². The maximum absolute atomic E-state index is 8.95. The van der Waals surface area contributed by atoms with Crippen molar-refractivity contribution in [2.45, 2.75) is 12.7 Å². The SMILES string of the molecule is COc1cc2ncnc(Nc3ccc(CCB(O)O)cc3)c2cc1OC.O=CO. The standard InChI is InChI=1S/C18H20BN3O4.CH2O2/c1-25-16-9-14-15(10-17(16)26-2)20-11-21-18(14)22-13-5-3-12(4-6-13)7-8-19(23)24;2-1-3/h3-6,9-11,23-24H,7-8H2,1-2H3,(H,20,21,22);1H,(H,2,3). The van der Waals surface area contributed by atoms with Gasteiger partial charge in [-0.1, -0.05) is 12.1 Å². The van der Waals surface area contributed by atoms with Crippen LogP contribution in [0.15, 0.2) is 42.7 Å². The number of rotatable bonds is 7. The number of methoxy groups -OCH3 is 2. The van der Waals surface area contributed by atoms with Crippen molar-refractivity contribution < 1.29 is 29.4 Å². The molecule has 0 saturated carbocycles. The van der Waals surface area contributed by atoms with Crippen molar-refractivity contribution in [3.8, 4) is 11.5 Å². The molecule has 1 aromatic heterocycles. The molecule has 2 aromatic carbocycles. The highest BCUT2D eigenvalue weighted by atomic mass is 16.5. The quantitative estimate of drug-likeness (QED) is 0.348. The third-order valence-corrected chi connectivity index (χ3v) is 4.05. The average molecular weight is 399 g/mol. The Morgan fingerprint density at radius 2 is 1.69 bits per heavy atom. The van der Waals surface area contributed by atoms with Gasteiger partial charge in [-0.2, -0.15) is 0 Å². The first-order chi connectivity index (χ1) is 14.0. The van der Waals surface area contributed by atoms with Crippen LogP contribution < -0.4 is 14.8 Å². The number of hydrogen-bond donors (Lipinski definition) is 4. The topological polar surface area (TPSA) is 134 Å². The van der Waals surface area contributed by atoms with Crippen LogP contribution in [-0.4, -0.2) is 52.9 Å². The molecule has 0 amide bonds. The second-order valence-corrected chi connectivity index (χ2v) is 5.89. The summed E-state index contributed by atoms with van der Waals surface area (Å²) in [6, 6.07) is 11.4. The summed E-state index contributed by atoms with van der Waals surface area (Å²) in [4.78, 5) is 17.0. The molecule has 0 atom stereocenters. The number of nitrogens with zero attached hydrogens (tertiary/aromatic N) is 2. The molecule has 0 saturated heterocycles. The van der Waals surface area contributed by atoms with E-state index in [2.05, 4.69) is 15.3 Å². The van der Waals surface area contributed by atoms with Gasteiger partial charge in [-0.3, -0.25) is 4.79 Å². The number of carboxylic acid groups (broad SMARTS) is 1. The molecule has 0 bridgehead atoms. The number of aryl methyl sites for hydroxylation is 1. The number of nitrogens with one attached hydrogen (secondary N) is 1. The Morgan fingerprint density at radius 1 is 1.07 bits per heavy atom. The smallest absolute Gasteiger partial charge is 0.451 e. The van der Waals surface area contributed by atoms with Gasteiger partial charge in [-0.25, -0.2) is 9.97 Å². The number of benzene rings is 2. The summed E-state index contributed by atoms with van der Waals surface area (Å²) in [5.74, 6) is 1.88. The lowest BCUT2D eigenvalue weighted by Gasteiger charge is -2.12. The van der Waals surface area contributed by atoms with Crippen molar-refractivity contribution >= 4 is 36.0 Å². The molecule has 3 aromatic rings. The molecule has 0 aliphatic rings. The molecule has 3 rings (SSSR count). The van der Waals surface area contributed by atoms with Crippen LogP contribution in [0.1, 0.15) is 5.56 Å². The summed E-state index contributed by atoms with van der Waals surface area (Å²) in [5.41, 5.74) is 2.64. The summed E-state index contributed by atoms with van der Waals surface area (Å²) < 4.78 is 10.7. The van der Waals surface area contributed by atoms with E-state index in [4.69, 9.17) is 29.4 Å². The number of anilines is 2. The highest BCUT2D eigenvalue weighted by molar-refractivity contribution is 6.41. The minimum atomic E-state index is -1.29. The van der Waals surface area contributed by atoms with E-state index < -0.39 is 7.12 Å². The highest BCUT2D eigenvalue weighted by Gasteiger charge is 2.11. The summed E-state index contributed by atoms with van der Waals surface area (Å²) in [5, 5.41) is 28.9. The number of aromatic nitrogens is 2. The first-order valence-electron chi connectivity index (χ1n) is 8.69. The number of fused-ring (bicyclic) bond motifs is 1. The van der Waals surface area contributed by atoms with Crippen LogP contribution >= 0.6 is 0 Å². The zero-order chi connectivity index (χ0) is 21.2. The lowest BCUT2D eigenvalue weighted by atomic mass is 9.83. The molecule has 0 radical (unpaired) electrons. The zero-order valence-electron chi connectivity index (χ0n) is 16.1.